The normalized spacial score (nSPS) is 18.1. The van der Waals surface area contributed by atoms with Crippen LogP contribution in [-0.2, 0) is 4.79 Å². The van der Waals surface area contributed by atoms with Gasteiger partial charge in [-0.3, -0.25) is 29.1 Å². The summed E-state index contributed by atoms with van der Waals surface area (Å²) in [7, 11) is 0. The molecular formula is C28H24ClF3N8O3. The van der Waals surface area contributed by atoms with Crippen molar-refractivity contribution >= 4 is 34.9 Å². The lowest BCUT2D eigenvalue weighted by Gasteiger charge is -2.20. The highest BCUT2D eigenvalue weighted by Crippen LogP contribution is 2.47. The number of alkyl halides is 2. The highest BCUT2D eigenvalue weighted by atomic mass is 35.5. The van der Waals surface area contributed by atoms with E-state index in [0.29, 0.717) is 35.4 Å². The number of benzene rings is 1. The average Bonchev–Trinajstić information content (AvgIpc) is 3.47. The van der Waals surface area contributed by atoms with E-state index in [4.69, 9.17) is 11.6 Å². The Morgan fingerprint density at radius 1 is 1.14 bits per heavy atom. The summed E-state index contributed by atoms with van der Waals surface area (Å²) in [4.78, 5) is 44.8. The number of carbonyl (C=O) groups is 2. The number of nitrogens with zero attached hydrogens (tertiary/aromatic N) is 7. The van der Waals surface area contributed by atoms with Crippen LogP contribution in [0.4, 0.5) is 24.7 Å². The molecule has 1 aromatic carbocycles. The molecule has 222 valence electrons. The number of aromatic nitrogens is 6. The number of hydrogen-bond acceptors (Lipinski definition) is 8. The van der Waals surface area contributed by atoms with Crippen LogP contribution in [-0.4, -0.2) is 54.7 Å². The molecule has 1 aliphatic heterocycles. The summed E-state index contributed by atoms with van der Waals surface area (Å²) < 4.78 is 46.8. The lowest BCUT2D eigenvalue weighted by molar-refractivity contribution is -0.118. The van der Waals surface area contributed by atoms with Gasteiger partial charge in [0.05, 0.1) is 63.7 Å². The first-order chi connectivity index (χ1) is 20.5. The van der Waals surface area contributed by atoms with Gasteiger partial charge in [0, 0.05) is 18.7 Å². The van der Waals surface area contributed by atoms with Gasteiger partial charge < -0.3 is 10.1 Å². The average molecular weight is 613 g/mol. The summed E-state index contributed by atoms with van der Waals surface area (Å²) in [5.41, 5.74) is 0.922. The van der Waals surface area contributed by atoms with E-state index in [9.17, 15) is 22.8 Å². The van der Waals surface area contributed by atoms with Gasteiger partial charge in [-0.05, 0) is 45.2 Å². The molecule has 3 atom stereocenters. The van der Waals surface area contributed by atoms with Gasteiger partial charge in [0.1, 0.15) is 11.4 Å². The molecule has 0 bridgehead atoms. The van der Waals surface area contributed by atoms with Crippen molar-refractivity contribution in [2.24, 2.45) is 11.8 Å². The molecule has 11 nitrogen and oxygen atoms in total. The fourth-order valence-electron chi connectivity index (χ4n) is 5.12. The van der Waals surface area contributed by atoms with Gasteiger partial charge in [0.25, 0.3) is 5.91 Å². The van der Waals surface area contributed by atoms with Crippen molar-refractivity contribution in [3.8, 4) is 17.0 Å². The quantitative estimate of drug-likeness (QED) is 0.295. The van der Waals surface area contributed by atoms with Crippen molar-refractivity contribution in [2.45, 2.75) is 39.8 Å². The summed E-state index contributed by atoms with van der Waals surface area (Å²) in [6.07, 6.45) is 6.70. The van der Waals surface area contributed by atoms with E-state index in [-0.39, 0.29) is 40.0 Å². The molecule has 2 fully saturated rings. The number of amides is 2. The number of carbonyl (C=O) groups excluding carboxylic acids is 2. The molecule has 6 rings (SSSR count). The molecule has 1 N–H and O–H groups in total. The van der Waals surface area contributed by atoms with Gasteiger partial charge in [0.15, 0.2) is 11.6 Å². The molecular weight excluding hydrogens is 589 g/mol. The Bertz CT molecular complexity index is 1770. The van der Waals surface area contributed by atoms with Crippen molar-refractivity contribution in [3.63, 3.8) is 0 Å². The van der Waals surface area contributed by atoms with E-state index in [0.717, 1.165) is 24.8 Å². The SMILES string of the molecule is Cc1ncc(-c2c(OC(F)F)ccc(Cl)c2F)nc1C(=O)Nc1cnn([C@@H](C)c2cnc(N3C[C@H]4C[C@H]4C3=O)c(C)n2)c1. The molecule has 2 amide bonds. The maximum Gasteiger partial charge on any atom is 0.387 e. The predicted molar refractivity (Wildman–Crippen MR) is 149 cm³/mol. The number of hydrogen-bond donors (Lipinski definition) is 1. The predicted octanol–water partition coefficient (Wildman–Crippen LogP) is 4.99. The van der Waals surface area contributed by atoms with E-state index in [1.807, 2.05) is 6.92 Å². The molecule has 1 saturated heterocycles. The lowest BCUT2D eigenvalue weighted by Crippen LogP contribution is -2.30. The number of rotatable bonds is 8. The number of halogens is 4. The van der Waals surface area contributed by atoms with Crippen LogP contribution in [0.3, 0.4) is 0 Å². The van der Waals surface area contributed by atoms with Crippen LogP contribution >= 0.6 is 11.6 Å². The summed E-state index contributed by atoms with van der Waals surface area (Å²) >= 11 is 5.86. The smallest absolute Gasteiger partial charge is 0.387 e. The second kappa shape index (κ2) is 10.9. The first-order valence-electron chi connectivity index (χ1n) is 13.3. The monoisotopic (exact) mass is 612 g/mol. The Morgan fingerprint density at radius 3 is 2.63 bits per heavy atom. The molecule has 1 aliphatic carbocycles. The van der Waals surface area contributed by atoms with Crippen LogP contribution in [0.25, 0.3) is 11.3 Å². The molecule has 4 heterocycles. The Kier molecular flexibility index (Phi) is 7.24. The minimum atomic E-state index is -3.23. The number of fused-ring (bicyclic) bond motifs is 1. The zero-order valence-electron chi connectivity index (χ0n) is 23.1. The third kappa shape index (κ3) is 5.38. The molecule has 0 radical (unpaired) electrons. The van der Waals surface area contributed by atoms with Crippen LogP contribution in [0.1, 0.15) is 47.0 Å². The zero-order chi connectivity index (χ0) is 30.6. The molecule has 3 aromatic heterocycles. The fraction of sp³-hybridized carbons (Fsp3) is 0.321. The topological polar surface area (TPSA) is 128 Å². The van der Waals surface area contributed by atoms with E-state index >= 15 is 0 Å². The Balaban J connectivity index is 1.20. The van der Waals surface area contributed by atoms with Crippen molar-refractivity contribution in [1.29, 1.82) is 0 Å². The summed E-state index contributed by atoms with van der Waals surface area (Å²) in [6, 6.07) is 1.79. The minimum Gasteiger partial charge on any atom is -0.434 e. The van der Waals surface area contributed by atoms with Crippen molar-refractivity contribution < 1.29 is 27.5 Å². The molecule has 1 saturated carbocycles. The summed E-state index contributed by atoms with van der Waals surface area (Å²) in [6.45, 7) is 2.62. The van der Waals surface area contributed by atoms with E-state index in [1.165, 1.54) is 13.1 Å². The van der Waals surface area contributed by atoms with E-state index in [1.54, 1.807) is 28.9 Å². The second-order valence-corrected chi connectivity index (χ2v) is 10.8. The van der Waals surface area contributed by atoms with Crippen LogP contribution in [0, 0.1) is 31.5 Å². The third-order valence-corrected chi connectivity index (χ3v) is 7.79. The Morgan fingerprint density at radius 2 is 1.93 bits per heavy atom. The first-order valence-corrected chi connectivity index (χ1v) is 13.7. The van der Waals surface area contributed by atoms with E-state index < -0.39 is 29.6 Å². The summed E-state index contributed by atoms with van der Waals surface area (Å²) in [5.74, 6) is -1.05. The van der Waals surface area contributed by atoms with Gasteiger partial charge in [-0.15, -0.1) is 0 Å². The maximum absolute atomic E-state index is 14.9. The zero-order valence-corrected chi connectivity index (χ0v) is 23.8. The second-order valence-electron chi connectivity index (χ2n) is 10.4. The number of ether oxygens (including phenoxy) is 1. The largest absolute Gasteiger partial charge is 0.434 e. The van der Waals surface area contributed by atoms with Gasteiger partial charge >= 0.3 is 6.61 Å². The maximum atomic E-state index is 14.9. The Hall–Kier alpha value is -4.59. The molecule has 0 unspecified atom stereocenters. The third-order valence-electron chi connectivity index (χ3n) is 7.50. The highest BCUT2D eigenvalue weighted by molar-refractivity contribution is 6.31. The first kappa shape index (κ1) is 28.5. The van der Waals surface area contributed by atoms with Gasteiger partial charge in [-0.2, -0.15) is 13.9 Å². The van der Waals surface area contributed by atoms with Crippen LogP contribution in [0.5, 0.6) is 5.75 Å². The van der Waals surface area contributed by atoms with Crippen molar-refractivity contribution in [1.82, 2.24) is 29.7 Å². The number of piperidine rings is 1. The summed E-state index contributed by atoms with van der Waals surface area (Å²) in [5, 5.41) is 6.65. The highest BCUT2D eigenvalue weighted by Gasteiger charge is 2.53. The van der Waals surface area contributed by atoms with Crippen LogP contribution < -0.4 is 15.0 Å². The fourth-order valence-corrected chi connectivity index (χ4v) is 5.28. The molecule has 0 spiro atoms. The standard InChI is InChI=1S/C28H24ClF3N8O3/c1-12-24(38-20(9-33-12)22-21(43-28(31)32)5-4-18(29)23(22)30)26(41)37-16-7-35-40(11-16)14(3)19-8-34-25(13(2)36-19)39-10-15-6-17(15)27(39)42/h4-5,7-9,11,14-15,17,28H,6,10H2,1-3H3,(H,37,41)/t14-,15+,17+/m0/s1. The molecule has 4 aromatic rings. The van der Waals surface area contributed by atoms with E-state index in [2.05, 4.69) is 35.1 Å². The lowest BCUT2D eigenvalue weighted by atomic mass is 10.1. The number of aryl methyl sites for hydroxylation is 2. The molecule has 2 aliphatic rings. The van der Waals surface area contributed by atoms with Crippen LogP contribution in [0.2, 0.25) is 5.02 Å². The molecule has 15 heteroatoms. The number of nitrogens with one attached hydrogen (secondary N) is 1. The van der Waals surface area contributed by atoms with Gasteiger partial charge in [-0.1, -0.05) is 11.6 Å². The van der Waals surface area contributed by atoms with Crippen molar-refractivity contribution in [2.75, 3.05) is 16.8 Å². The molecule has 43 heavy (non-hydrogen) atoms. The Labute approximate surface area is 248 Å². The van der Waals surface area contributed by atoms with Crippen molar-refractivity contribution in [3.05, 3.63) is 70.5 Å². The minimum absolute atomic E-state index is 0.0979. The van der Waals surface area contributed by atoms with Gasteiger partial charge in [-0.25, -0.2) is 14.4 Å². The van der Waals surface area contributed by atoms with Crippen LogP contribution in [0.15, 0.2) is 36.9 Å². The number of anilines is 2. The van der Waals surface area contributed by atoms with Gasteiger partial charge in [0.2, 0.25) is 5.91 Å².